The number of thiophene rings is 1. The van der Waals surface area contributed by atoms with Crippen LogP contribution in [0.25, 0.3) is 0 Å². The molecule has 2 aromatic rings. The summed E-state index contributed by atoms with van der Waals surface area (Å²) in [7, 11) is -2.37. The first-order valence-corrected chi connectivity index (χ1v) is 8.98. The minimum atomic E-state index is -3.67. The van der Waals surface area contributed by atoms with Gasteiger partial charge in [-0.05, 0) is 42.7 Å². The molecule has 22 heavy (non-hydrogen) atoms. The fourth-order valence-corrected chi connectivity index (χ4v) is 4.20. The van der Waals surface area contributed by atoms with E-state index in [4.69, 9.17) is 0 Å². The molecule has 0 saturated carbocycles. The number of esters is 1. The third-order valence-electron chi connectivity index (χ3n) is 3.17. The van der Waals surface area contributed by atoms with Gasteiger partial charge in [0.2, 0.25) is 0 Å². The number of benzene rings is 1. The predicted octanol–water partition coefficient (Wildman–Crippen LogP) is 3.21. The van der Waals surface area contributed by atoms with Crippen molar-refractivity contribution in [3.8, 4) is 0 Å². The highest BCUT2D eigenvalue weighted by Crippen LogP contribution is 2.29. The van der Waals surface area contributed by atoms with Crippen molar-refractivity contribution in [1.29, 1.82) is 0 Å². The maximum absolute atomic E-state index is 12.3. The van der Waals surface area contributed by atoms with E-state index in [-0.39, 0.29) is 4.90 Å². The van der Waals surface area contributed by atoms with E-state index in [9.17, 15) is 13.2 Å². The molecule has 0 aliphatic heterocycles. The van der Waals surface area contributed by atoms with Crippen molar-refractivity contribution in [2.75, 3.05) is 11.8 Å². The molecular formula is C15H17NO4S2. The number of methoxy groups -OCH3 is 1. The number of carbonyl (C=O) groups is 1. The van der Waals surface area contributed by atoms with Crippen molar-refractivity contribution in [1.82, 2.24) is 0 Å². The topological polar surface area (TPSA) is 72.5 Å². The van der Waals surface area contributed by atoms with E-state index in [1.807, 2.05) is 6.92 Å². The van der Waals surface area contributed by atoms with Crippen LogP contribution in [0, 0.1) is 6.92 Å². The molecular weight excluding hydrogens is 322 g/mol. The van der Waals surface area contributed by atoms with Gasteiger partial charge in [-0.15, -0.1) is 11.3 Å². The van der Waals surface area contributed by atoms with Crippen molar-refractivity contribution in [3.05, 3.63) is 46.3 Å². The van der Waals surface area contributed by atoms with Crippen LogP contribution in [0.5, 0.6) is 0 Å². The summed E-state index contributed by atoms with van der Waals surface area (Å²) < 4.78 is 31.8. The van der Waals surface area contributed by atoms with Crippen LogP contribution in [0.3, 0.4) is 0 Å². The van der Waals surface area contributed by atoms with Crippen LogP contribution >= 0.6 is 11.3 Å². The third-order valence-corrected chi connectivity index (χ3v) is 5.81. The molecule has 7 heteroatoms. The highest BCUT2D eigenvalue weighted by molar-refractivity contribution is 7.93. The lowest BCUT2D eigenvalue weighted by Gasteiger charge is -2.06. The van der Waals surface area contributed by atoms with E-state index in [1.54, 1.807) is 37.3 Å². The predicted molar refractivity (Wildman–Crippen MR) is 87.0 cm³/mol. The van der Waals surface area contributed by atoms with Crippen molar-refractivity contribution < 1.29 is 17.9 Å². The quantitative estimate of drug-likeness (QED) is 0.849. The summed E-state index contributed by atoms with van der Waals surface area (Å²) in [6, 6.07) is 8.34. The molecule has 0 fully saturated rings. The molecule has 0 unspecified atom stereocenters. The maximum atomic E-state index is 12.3. The molecule has 118 valence electrons. The summed E-state index contributed by atoms with van der Waals surface area (Å²) in [4.78, 5) is 12.1. The van der Waals surface area contributed by atoms with Crippen molar-refractivity contribution in [2.24, 2.45) is 0 Å². The van der Waals surface area contributed by atoms with Crippen molar-refractivity contribution in [2.45, 2.75) is 25.2 Å². The fraction of sp³-hybridized carbons (Fsp3) is 0.267. The number of hydrogen-bond acceptors (Lipinski definition) is 5. The first-order chi connectivity index (χ1) is 10.4. The summed E-state index contributed by atoms with van der Waals surface area (Å²) in [5.41, 5.74) is 1.75. The average Bonchev–Trinajstić information content (AvgIpc) is 2.86. The molecule has 1 aromatic carbocycles. The van der Waals surface area contributed by atoms with Gasteiger partial charge in [-0.25, -0.2) is 13.2 Å². The van der Waals surface area contributed by atoms with Gasteiger partial charge in [-0.1, -0.05) is 19.1 Å². The largest absolute Gasteiger partial charge is 0.465 e. The highest BCUT2D eigenvalue weighted by atomic mass is 32.2. The molecule has 0 aliphatic rings. The normalized spacial score (nSPS) is 11.2. The summed E-state index contributed by atoms with van der Waals surface area (Å²) in [5, 5.41) is 0.387. The zero-order valence-electron chi connectivity index (χ0n) is 12.5. The monoisotopic (exact) mass is 339 g/mol. The molecule has 5 nitrogen and oxygen atoms in total. The summed E-state index contributed by atoms with van der Waals surface area (Å²) in [6.45, 7) is 3.74. The fourth-order valence-electron chi connectivity index (χ4n) is 1.92. The minimum absolute atomic E-state index is 0.190. The number of carbonyl (C=O) groups excluding carboxylic acids is 1. The Labute approximate surface area is 134 Å². The number of aryl methyl sites for hydroxylation is 2. The molecule has 0 amide bonds. The Morgan fingerprint density at radius 1 is 1.27 bits per heavy atom. The Morgan fingerprint density at radius 3 is 2.45 bits per heavy atom. The molecule has 1 aromatic heterocycles. The molecule has 1 heterocycles. The number of nitrogens with one attached hydrogen (secondary N) is 1. The van der Waals surface area contributed by atoms with E-state index >= 15 is 0 Å². The Kier molecular flexibility index (Phi) is 4.87. The van der Waals surface area contributed by atoms with Gasteiger partial charge in [0.05, 0.1) is 12.0 Å². The minimum Gasteiger partial charge on any atom is -0.465 e. The van der Waals surface area contributed by atoms with Crippen LogP contribution in [-0.4, -0.2) is 21.5 Å². The van der Waals surface area contributed by atoms with E-state index in [0.29, 0.717) is 15.4 Å². The second-order valence-corrected chi connectivity index (χ2v) is 7.45. The highest BCUT2D eigenvalue weighted by Gasteiger charge is 2.19. The van der Waals surface area contributed by atoms with E-state index in [0.717, 1.165) is 23.3 Å². The Bertz CT molecular complexity index is 776. The number of rotatable bonds is 5. The first kappa shape index (κ1) is 16.5. The lowest BCUT2D eigenvalue weighted by atomic mass is 10.2. The standard InChI is InChI=1S/C15H17NO4S2/c1-4-11-5-7-12(8-6-11)22(18,19)16-13-9-10(2)14(21-13)15(17)20-3/h5-9,16H,4H2,1-3H3. The maximum Gasteiger partial charge on any atom is 0.348 e. The van der Waals surface area contributed by atoms with Gasteiger partial charge < -0.3 is 4.74 Å². The number of anilines is 1. The summed E-state index contributed by atoms with van der Waals surface area (Å²) in [5.74, 6) is -0.472. The molecule has 0 atom stereocenters. The molecule has 0 saturated heterocycles. The van der Waals surface area contributed by atoms with E-state index in [1.165, 1.54) is 7.11 Å². The second kappa shape index (κ2) is 6.50. The Morgan fingerprint density at radius 2 is 1.91 bits per heavy atom. The molecule has 0 aliphatic carbocycles. The molecule has 0 spiro atoms. The SMILES string of the molecule is CCc1ccc(S(=O)(=O)Nc2cc(C)c(C(=O)OC)s2)cc1. The van der Waals surface area contributed by atoms with Crippen LogP contribution < -0.4 is 4.72 Å². The van der Waals surface area contributed by atoms with Gasteiger partial charge in [-0.2, -0.15) is 0 Å². The molecule has 0 radical (unpaired) electrons. The zero-order chi connectivity index (χ0) is 16.3. The van der Waals surface area contributed by atoms with E-state index < -0.39 is 16.0 Å². The molecule has 2 rings (SSSR count). The first-order valence-electron chi connectivity index (χ1n) is 6.68. The zero-order valence-corrected chi connectivity index (χ0v) is 14.2. The van der Waals surface area contributed by atoms with Gasteiger partial charge in [0, 0.05) is 0 Å². The van der Waals surface area contributed by atoms with Crippen molar-refractivity contribution in [3.63, 3.8) is 0 Å². The van der Waals surface area contributed by atoms with Crippen LogP contribution in [0.15, 0.2) is 35.2 Å². The van der Waals surface area contributed by atoms with Gasteiger partial charge in [0.15, 0.2) is 0 Å². The third kappa shape index (κ3) is 3.48. The van der Waals surface area contributed by atoms with Gasteiger partial charge in [0.25, 0.3) is 10.0 Å². The molecule has 1 N–H and O–H groups in total. The smallest absolute Gasteiger partial charge is 0.348 e. The lowest BCUT2D eigenvalue weighted by Crippen LogP contribution is -2.12. The lowest BCUT2D eigenvalue weighted by molar-refractivity contribution is 0.0605. The Hall–Kier alpha value is -1.86. The van der Waals surface area contributed by atoms with Gasteiger partial charge >= 0.3 is 5.97 Å². The number of hydrogen-bond donors (Lipinski definition) is 1. The van der Waals surface area contributed by atoms with Gasteiger partial charge in [0.1, 0.15) is 9.88 Å². The van der Waals surface area contributed by atoms with E-state index in [2.05, 4.69) is 9.46 Å². The van der Waals surface area contributed by atoms with Gasteiger partial charge in [-0.3, -0.25) is 4.72 Å². The average molecular weight is 339 g/mol. The Balaban J connectivity index is 2.26. The molecule has 0 bridgehead atoms. The van der Waals surface area contributed by atoms with Crippen LogP contribution in [-0.2, 0) is 21.2 Å². The van der Waals surface area contributed by atoms with Crippen LogP contribution in [0.4, 0.5) is 5.00 Å². The van der Waals surface area contributed by atoms with Crippen LogP contribution in [0.1, 0.15) is 27.7 Å². The summed E-state index contributed by atoms with van der Waals surface area (Å²) in [6.07, 6.45) is 0.848. The number of sulfonamides is 1. The van der Waals surface area contributed by atoms with Crippen LogP contribution in [0.2, 0.25) is 0 Å². The second-order valence-electron chi connectivity index (χ2n) is 4.72. The van der Waals surface area contributed by atoms with Crippen molar-refractivity contribution >= 4 is 32.3 Å². The number of ether oxygens (including phenoxy) is 1. The summed E-state index contributed by atoms with van der Waals surface area (Å²) >= 11 is 1.06.